The predicted octanol–water partition coefficient (Wildman–Crippen LogP) is 3.73. The van der Waals surface area contributed by atoms with Gasteiger partial charge in [-0.05, 0) is 0 Å². The van der Waals surface area contributed by atoms with Gasteiger partial charge >= 0.3 is 90.6 Å². The molecule has 0 bridgehead atoms. The van der Waals surface area contributed by atoms with Crippen LogP contribution in [0.4, 0.5) is 0 Å². The third kappa shape index (κ3) is 6.74. The Kier molecular flexibility index (Phi) is 9.76. The Morgan fingerprint density at radius 1 is 1.00 bits per heavy atom. The second-order valence-corrected chi connectivity index (χ2v) is 8.42. The fourth-order valence-corrected chi connectivity index (χ4v) is 3.39. The van der Waals surface area contributed by atoms with E-state index in [0.29, 0.717) is 0 Å². The number of hydrogen-bond acceptors (Lipinski definition) is 1. The van der Waals surface area contributed by atoms with Gasteiger partial charge in [-0.15, -0.1) is 0 Å². The molecule has 1 nitrogen and oxygen atoms in total. The molecule has 0 saturated heterocycles. The number of rotatable bonds is 7. The quantitative estimate of drug-likeness (QED) is 0.619. The number of unbranched alkanes of at least 4 members (excludes halogenated alkanes) is 2. The monoisotopic (exact) mass is 246 g/mol. The van der Waals surface area contributed by atoms with Crippen LogP contribution in [0.2, 0.25) is 0 Å². The van der Waals surface area contributed by atoms with E-state index in [4.69, 9.17) is 18.6 Å². The van der Waals surface area contributed by atoms with E-state index in [2.05, 4.69) is 17.2 Å². The molecular formula is C8H18Cl2NTi. The van der Waals surface area contributed by atoms with Gasteiger partial charge in [0, 0.05) is 0 Å². The molecule has 0 aromatic heterocycles. The van der Waals surface area contributed by atoms with E-state index >= 15 is 0 Å². The van der Waals surface area contributed by atoms with Gasteiger partial charge in [0.25, 0.3) is 0 Å². The topological polar surface area (TPSA) is 3.24 Å². The molecule has 0 aromatic carbocycles. The van der Waals surface area contributed by atoms with Crippen molar-refractivity contribution in [2.75, 3.05) is 13.1 Å². The van der Waals surface area contributed by atoms with Gasteiger partial charge in [-0.3, -0.25) is 0 Å². The van der Waals surface area contributed by atoms with Gasteiger partial charge < -0.3 is 0 Å². The molecule has 0 aliphatic carbocycles. The van der Waals surface area contributed by atoms with Crippen molar-refractivity contribution in [3.05, 3.63) is 0 Å². The summed E-state index contributed by atoms with van der Waals surface area (Å²) in [6, 6.07) is 0. The summed E-state index contributed by atoms with van der Waals surface area (Å²) in [4.78, 5) is 0. The zero-order valence-electron chi connectivity index (χ0n) is 7.95. The molecular weight excluding hydrogens is 229 g/mol. The maximum atomic E-state index is 5.97. The van der Waals surface area contributed by atoms with Crippen LogP contribution in [0.3, 0.4) is 0 Å². The third-order valence-electron chi connectivity index (χ3n) is 1.80. The Balaban J connectivity index is 3.55. The van der Waals surface area contributed by atoms with Crippen LogP contribution in [0.1, 0.15) is 39.5 Å². The van der Waals surface area contributed by atoms with E-state index in [1.807, 2.05) is 0 Å². The summed E-state index contributed by atoms with van der Waals surface area (Å²) in [7, 11) is 11.9. The second-order valence-electron chi connectivity index (χ2n) is 2.93. The second kappa shape index (κ2) is 8.84. The van der Waals surface area contributed by atoms with Crippen LogP contribution >= 0.6 is 18.6 Å². The summed E-state index contributed by atoms with van der Waals surface area (Å²) in [6.07, 6.45) is 4.89. The number of nitrogens with zero attached hydrogens (tertiary/aromatic N) is 1. The first kappa shape index (κ1) is 13.3. The van der Waals surface area contributed by atoms with Crippen molar-refractivity contribution in [3.63, 3.8) is 0 Å². The van der Waals surface area contributed by atoms with Crippen LogP contribution in [-0.2, 0) is 16.0 Å². The molecule has 0 radical (unpaired) electrons. The van der Waals surface area contributed by atoms with Crippen LogP contribution < -0.4 is 0 Å². The maximum absolute atomic E-state index is 5.97. The molecule has 0 saturated carbocycles. The van der Waals surface area contributed by atoms with Crippen LogP contribution in [0.25, 0.3) is 0 Å². The van der Waals surface area contributed by atoms with Crippen LogP contribution in [0, 0.1) is 0 Å². The van der Waals surface area contributed by atoms with Gasteiger partial charge in [0.2, 0.25) is 0 Å². The van der Waals surface area contributed by atoms with Crippen molar-refractivity contribution in [1.82, 2.24) is 3.38 Å². The standard InChI is InChI=1S/C8H18N.2ClH.Ti/c1-3-5-7-9-8-6-4-2;;;/h3-8H2,1-2H3;2*1H;/q-1;;;+3/p-2. The molecule has 0 aromatic rings. The molecule has 0 atom stereocenters. The molecule has 0 spiro atoms. The van der Waals surface area contributed by atoms with Gasteiger partial charge in [0.1, 0.15) is 0 Å². The van der Waals surface area contributed by atoms with Crippen molar-refractivity contribution in [1.29, 1.82) is 0 Å². The van der Waals surface area contributed by atoms with Gasteiger partial charge in [0.15, 0.2) is 0 Å². The molecule has 0 heterocycles. The Morgan fingerprint density at radius 2 is 1.42 bits per heavy atom. The summed E-state index contributed by atoms with van der Waals surface area (Å²) in [5, 5.41) is 0. The van der Waals surface area contributed by atoms with E-state index in [1.165, 1.54) is 25.7 Å². The van der Waals surface area contributed by atoms with Crippen molar-refractivity contribution in [2.24, 2.45) is 0 Å². The normalized spacial score (nSPS) is 10.8. The fraction of sp³-hybridized carbons (Fsp3) is 1.00. The first-order chi connectivity index (χ1) is 5.72. The molecule has 0 aliphatic rings. The Bertz CT molecular complexity index is 93.1. The van der Waals surface area contributed by atoms with E-state index in [1.54, 1.807) is 0 Å². The summed E-state index contributed by atoms with van der Waals surface area (Å²) >= 11 is -1.82. The van der Waals surface area contributed by atoms with E-state index in [-0.39, 0.29) is 0 Å². The minimum absolute atomic E-state index is 1.10. The summed E-state index contributed by atoms with van der Waals surface area (Å²) < 4.78 is 2.29. The molecule has 73 valence electrons. The first-order valence-electron chi connectivity index (χ1n) is 4.65. The van der Waals surface area contributed by atoms with Crippen molar-refractivity contribution >= 4 is 18.6 Å². The van der Waals surface area contributed by atoms with Crippen LogP contribution in [0.15, 0.2) is 0 Å². The molecule has 0 fully saturated rings. The van der Waals surface area contributed by atoms with Crippen molar-refractivity contribution in [3.8, 4) is 0 Å². The Hall–Kier alpha value is 1.25. The number of halogens is 2. The SMILES string of the molecule is CCCC[N](CCCC)[Ti]([Cl])[Cl]. The fourth-order valence-electron chi connectivity index (χ4n) is 0.979. The number of hydrogen-bond donors (Lipinski definition) is 0. The molecule has 0 N–H and O–H groups in total. The molecule has 0 amide bonds. The predicted molar refractivity (Wildman–Crippen MR) is 53.1 cm³/mol. The zero-order chi connectivity index (χ0) is 9.40. The Labute approximate surface area is 90.3 Å². The molecule has 0 aliphatic heterocycles. The van der Waals surface area contributed by atoms with Gasteiger partial charge in [0.05, 0.1) is 0 Å². The molecule has 4 heteroatoms. The van der Waals surface area contributed by atoms with Crippen molar-refractivity contribution in [2.45, 2.75) is 39.5 Å². The van der Waals surface area contributed by atoms with Crippen LogP contribution in [-0.4, -0.2) is 16.5 Å². The van der Waals surface area contributed by atoms with Gasteiger partial charge in [-0.2, -0.15) is 0 Å². The third-order valence-corrected chi connectivity index (χ3v) is 5.22. The zero-order valence-corrected chi connectivity index (χ0v) is 11.0. The average molecular weight is 247 g/mol. The summed E-state index contributed by atoms with van der Waals surface area (Å²) in [5.41, 5.74) is 0. The van der Waals surface area contributed by atoms with Crippen LogP contribution in [0.5, 0.6) is 0 Å². The molecule has 12 heavy (non-hydrogen) atoms. The summed E-state index contributed by atoms with van der Waals surface area (Å²) in [5.74, 6) is 0. The average Bonchev–Trinajstić information content (AvgIpc) is 2.04. The van der Waals surface area contributed by atoms with Gasteiger partial charge in [-0.1, -0.05) is 0 Å². The first-order valence-corrected chi connectivity index (χ1v) is 9.64. The van der Waals surface area contributed by atoms with E-state index < -0.39 is 16.0 Å². The minimum atomic E-state index is -1.82. The summed E-state index contributed by atoms with van der Waals surface area (Å²) in [6.45, 7) is 6.58. The van der Waals surface area contributed by atoms with E-state index in [9.17, 15) is 0 Å². The van der Waals surface area contributed by atoms with E-state index in [0.717, 1.165) is 13.1 Å². The van der Waals surface area contributed by atoms with Gasteiger partial charge in [-0.25, -0.2) is 0 Å². The molecule has 0 unspecified atom stereocenters. The molecule has 0 rings (SSSR count). The van der Waals surface area contributed by atoms with Crippen molar-refractivity contribution < 1.29 is 16.0 Å². The Morgan fingerprint density at radius 3 is 1.67 bits per heavy atom.